The number of ether oxygens (including phenoxy) is 4. The van der Waals surface area contributed by atoms with Crippen LogP contribution in [0.25, 0.3) is 11.0 Å². The maximum Gasteiger partial charge on any atom is 0.249 e. The number of amides is 2. The Hall–Kier alpha value is -4.80. The van der Waals surface area contributed by atoms with E-state index in [9.17, 15) is 9.59 Å². The number of rotatable bonds is 8. The van der Waals surface area contributed by atoms with E-state index in [0.717, 1.165) is 0 Å². The van der Waals surface area contributed by atoms with E-state index in [-0.39, 0.29) is 13.3 Å². The molecule has 208 valence electrons. The lowest BCUT2D eigenvalue weighted by atomic mass is 9.99. The maximum atomic E-state index is 14.3. The van der Waals surface area contributed by atoms with Crippen molar-refractivity contribution in [3.05, 3.63) is 66.2 Å². The van der Waals surface area contributed by atoms with Crippen LogP contribution in [0.15, 0.2) is 60.7 Å². The minimum Gasteiger partial charge on any atom is -0.493 e. The molecule has 0 radical (unpaired) electrons. The second-order valence-electron chi connectivity index (χ2n) is 10.3. The minimum absolute atomic E-state index is 0.0648. The van der Waals surface area contributed by atoms with Crippen molar-refractivity contribution >= 4 is 28.5 Å². The van der Waals surface area contributed by atoms with Gasteiger partial charge >= 0.3 is 0 Å². The number of hydrogen-bond acceptors (Lipinski definition) is 8. The van der Waals surface area contributed by atoms with Crippen molar-refractivity contribution in [2.24, 2.45) is 0 Å². The van der Waals surface area contributed by atoms with Crippen molar-refractivity contribution in [1.29, 1.82) is 0 Å². The highest BCUT2D eigenvalue weighted by Gasteiger charge is 2.38. The van der Waals surface area contributed by atoms with Crippen molar-refractivity contribution in [2.45, 2.75) is 38.9 Å². The predicted octanol–water partition coefficient (Wildman–Crippen LogP) is 3.87. The largest absolute Gasteiger partial charge is 0.493 e. The van der Waals surface area contributed by atoms with E-state index in [4.69, 9.17) is 18.9 Å². The smallest absolute Gasteiger partial charge is 0.249 e. The van der Waals surface area contributed by atoms with Crippen LogP contribution in [-0.2, 0) is 16.1 Å². The first-order chi connectivity index (χ1) is 19.2. The van der Waals surface area contributed by atoms with Crippen molar-refractivity contribution in [3.63, 3.8) is 0 Å². The number of fused-ring (bicyclic) bond motifs is 2. The molecule has 11 nitrogen and oxygen atoms in total. The first-order valence-electron chi connectivity index (χ1n) is 12.7. The second-order valence-corrected chi connectivity index (χ2v) is 10.3. The molecule has 1 aromatic heterocycles. The highest BCUT2D eigenvalue weighted by molar-refractivity contribution is 6.02. The molecule has 0 fully saturated rings. The molecule has 0 bridgehead atoms. The van der Waals surface area contributed by atoms with E-state index in [1.807, 2.05) is 45.0 Å². The fraction of sp³-hybridized carbons (Fsp3) is 0.310. The summed E-state index contributed by atoms with van der Waals surface area (Å²) in [4.78, 5) is 29.8. The first kappa shape index (κ1) is 26.8. The number of nitrogens with zero attached hydrogens (tertiary/aromatic N) is 4. The molecule has 1 aliphatic heterocycles. The number of nitrogens with one attached hydrogen (secondary N) is 1. The summed E-state index contributed by atoms with van der Waals surface area (Å²) in [6.07, 6.45) is 0. The van der Waals surface area contributed by atoms with Gasteiger partial charge in [0.1, 0.15) is 18.1 Å². The van der Waals surface area contributed by atoms with Gasteiger partial charge in [0, 0.05) is 22.9 Å². The van der Waals surface area contributed by atoms with Crippen LogP contribution in [-0.4, -0.2) is 53.4 Å². The Bertz CT molecular complexity index is 1560. The van der Waals surface area contributed by atoms with Crippen molar-refractivity contribution in [2.75, 3.05) is 25.9 Å². The molecule has 0 saturated carbocycles. The summed E-state index contributed by atoms with van der Waals surface area (Å²) < 4.78 is 23.9. The van der Waals surface area contributed by atoms with Crippen molar-refractivity contribution in [1.82, 2.24) is 20.3 Å². The third-order valence-corrected chi connectivity index (χ3v) is 6.34. The van der Waals surface area contributed by atoms with Gasteiger partial charge in [-0.15, -0.1) is 5.10 Å². The molecule has 1 unspecified atom stereocenters. The van der Waals surface area contributed by atoms with Crippen LogP contribution < -0.4 is 29.2 Å². The van der Waals surface area contributed by atoms with E-state index >= 15 is 0 Å². The molecule has 0 spiro atoms. The average Bonchev–Trinajstić information content (AvgIpc) is 3.56. The summed E-state index contributed by atoms with van der Waals surface area (Å²) in [7, 11) is 3.01. The topological polar surface area (TPSA) is 117 Å². The lowest BCUT2D eigenvalue weighted by molar-refractivity contribution is -0.128. The van der Waals surface area contributed by atoms with Gasteiger partial charge in [0.2, 0.25) is 18.6 Å². The number of hydrogen-bond donors (Lipinski definition) is 1. The zero-order valence-corrected chi connectivity index (χ0v) is 23.0. The number of para-hydroxylation sites is 2. The normalized spacial score (nSPS) is 13.1. The van der Waals surface area contributed by atoms with Gasteiger partial charge in [-0.3, -0.25) is 14.5 Å². The summed E-state index contributed by atoms with van der Waals surface area (Å²) in [6, 6.07) is 16.5. The number of anilines is 1. The highest BCUT2D eigenvalue weighted by atomic mass is 16.7. The van der Waals surface area contributed by atoms with Crippen LogP contribution in [0.1, 0.15) is 32.4 Å². The van der Waals surface area contributed by atoms with Crippen LogP contribution >= 0.6 is 0 Å². The van der Waals surface area contributed by atoms with Gasteiger partial charge in [-0.05, 0) is 51.1 Å². The molecule has 4 aromatic rings. The molecule has 3 aromatic carbocycles. The predicted molar refractivity (Wildman–Crippen MR) is 148 cm³/mol. The third kappa shape index (κ3) is 5.22. The molecule has 5 rings (SSSR count). The van der Waals surface area contributed by atoms with Gasteiger partial charge in [0.15, 0.2) is 23.0 Å². The summed E-state index contributed by atoms with van der Waals surface area (Å²) >= 11 is 0. The van der Waals surface area contributed by atoms with Gasteiger partial charge in [-0.25, -0.2) is 4.68 Å². The Labute approximate surface area is 231 Å². The highest BCUT2D eigenvalue weighted by Crippen LogP contribution is 2.42. The molecular formula is C29H31N5O6. The van der Waals surface area contributed by atoms with Crippen LogP contribution in [0.3, 0.4) is 0 Å². The van der Waals surface area contributed by atoms with Gasteiger partial charge in [-0.1, -0.05) is 29.5 Å². The molecule has 1 aliphatic rings. The lowest BCUT2D eigenvalue weighted by Gasteiger charge is -2.34. The summed E-state index contributed by atoms with van der Waals surface area (Å²) in [5.41, 5.74) is 1.63. The van der Waals surface area contributed by atoms with E-state index in [1.165, 1.54) is 23.8 Å². The number of methoxy groups -OCH3 is 2. The van der Waals surface area contributed by atoms with Gasteiger partial charge in [-0.2, -0.15) is 0 Å². The Morgan fingerprint density at radius 1 is 1.02 bits per heavy atom. The SMILES string of the molecule is COc1cccc(C(C(=O)NC(C)(C)C)N(C(=O)Cn2nnc3ccccc32)c2ccc3c(c2)OCO3)c1OC. The van der Waals surface area contributed by atoms with E-state index < -0.39 is 23.4 Å². The first-order valence-corrected chi connectivity index (χ1v) is 12.7. The number of aromatic nitrogens is 3. The van der Waals surface area contributed by atoms with Gasteiger partial charge < -0.3 is 24.3 Å². The maximum absolute atomic E-state index is 14.3. The monoisotopic (exact) mass is 545 g/mol. The Morgan fingerprint density at radius 3 is 2.55 bits per heavy atom. The lowest BCUT2D eigenvalue weighted by Crippen LogP contribution is -2.50. The molecule has 1 atom stereocenters. The van der Waals surface area contributed by atoms with E-state index in [1.54, 1.807) is 36.4 Å². The quantitative estimate of drug-likeness (QED) is 0.355. The molecule has 11 heteroatoms. The number of carbonyl (C=O) groups is 2. The van der Waals surface area contributed by atoms with Crippen LogP contribution in [0.4, 0.5) is 5.69 Å². The minimum atomic E-state index is -1.15. The summed E-state index contributed by atoms with van der Waals surface area (Å²) in [6.45, 7) is 5.51. The van der Waals surface area contributed by atoms with Crippen molar-refractivity contribution < 1.29 is 28.5 Å². The second kappa shape index (κ2) is 10.8. The molecule has 2 heterocycles. The fourth-order valence-corrected chi connectivity index (χ4v) is 4.67. The summed E-state index contributed by atoms with van der Waals surface area (Å²) in [5, 5.41) is 11.4. The zero-order valence-electron chi connectivity index (χ0n) is 23.0. The fourth-order valence-electron chi connectivity index (χ4n) is 4.67. The molecule has 0 aliphatic carbocycles. The van der Waals surface area contributed by atoms with Crippen LogP contribution in [0.5, 0.6) is 23.0 Å². The zero-order chi connectivity index (χ0) is 28.4. The molecular weight excluding hydrogens is 514 g/mol. The van der Waals surface area contributed by atoms with E-state index in [2.05, 4.69) is 15.6 Å². The molecule has 0 saturated heterocycles. The Morgan fingerprint density at radius 2 is 1.80 bits per heavy atom. The Balaban J connectivity index is 1.68. The number of benzene rings is 3. The molecule has 2 amide bonds. The summed E-state index contributed by atoms with van der Waals surface area (Å²) in [5.74, 6) is 0.960. The number of carbonyl (C=O) groups excluding carboxylic acids is 2. The van der Waals surface area contributed by atoms with Crippen LogP contribution in [0.2, 0.25) is 0 Å². The molecule has 40 heavy (non-hydrogen) atoms. The third-order valence-electron chi connectivity index (χ3n) is 6.34. The standard InChI is InChI=1S/C29H31N5O6/c1-29(2,3)30-28(36)26(19-9-8-12-23(37-4)27(19)38-5)34(18-13-14-22-24(15-18)40-17-39-22)25(35)16-33-21-11-7-6-10-20(21)31-32-33/h6-15,26H,16-17H2,1-5H3,(H,30,36). The van der Waals surface area contributed by atoms with Gasteiger partial charge in [0.25, 0.3) is 0 Å². The van der Waals surface area contributed by atoms with E-state index in [0.29, 0.717) is 45.3 Å². The molecule has 1 N–H and O–H groups in total. The average molecular weight is 546 g/mol. The van der Waals surface area contributed by atoms with Crippen LogP contribution in [0, 0.1) is 0 Å². The van der Waals surface area contributed by atoms with Gasteiger partial charge in [0.05, 0.1) is 19.7 Å². The van der Waals surface area contributed by atoms with Crippen molar-refractivity contribution in [3.8, 4) is 23.0 Å². The Kier molecular flexibility index (Phi) is 7.20.